The third-order valence-corrected chi connectivity index (χ3v) is 3.45. The van der Waals surface area contributed by atoms with Gasteiger partial charge in [0.05, 0.1) is 31.1 Å². The minimum atomic E-state index is -0.288. The van der Waals surface area contributed by atoms with E-state index in [1.165, 1.54) is 4.90 Å². The number of aliphatic hydroxyl groups is 1. The van der Waals surface area contributed by atoms with Crippen molar-refractivity contribution in [3.8, 4) is 11.4 Å². The number of amides is 1. The van der Waals surface area contributed by atoms with Gasteiger partial charge in [-0.1, -0.05) is 18.2 Å². The fraction of sp³-hybridized carbons (Fsp3) is 0.375. The average molecular weight is 303 g/mol. The molecule has 0 saturated heterocycles. The van der Waals surface area contributed by atoms with Crippen LogP contribution in [0, 0.1) is 0 Å². The lowest BCUT2D eigenvalue weighted by Gasteiger charge is -2.22. The Labute approximate surface area is 129 Å². The van der Waals surface area contributed by atoms with Crippen molar-refractivity contribution in [1.29, 1.82) is 0 Å². The molecular formula is C16H21N3O3. The van der Waals surface area contributed by atoms with Gasteiger partial charge >= 0.3 is 0 Å². The number of likely N-dealkylation sites (N-methyl/N-ethyl adjacent to an activating group) is 1. The van der Waals surface area contributed by atoms with Gasteiger partial charge in [0.1, 0.15) is 0 Å². The first-order valence-corrected chi connectivity index (χ1v) is 7.24. The zero-order valence-electron chi connectivity index (χ0n) is 13.1. The standard InChI is InChI=1S/C16H21N3O3/c1-4-22-14-10-19(13-8-6-5-7-9-13)17-15(14)16(21)18(3)12(2)11-20/h5-10,12,20H,4,11H2,1-3H3. The van der Waals surface area contributed by atoms with E-state index >= 15 is 0 Å². The molecule has 0 bridgehead atoms. The molecule has 22 heavy (non-hydrogen) atoms. The monoisotopic (exact) mass is 303 g/mol. The first kappa shape index (κ1) is 16.0. The van der Waals surface area contributed by atoms with Crippen LogP contribution in [0.3, 0.4) is 0 Å². The van der Waals surface area contributed by atoms with Gasteiger partial charge in [-0.15, -0.1) is 0 Å². The molecule has 1 heterocycles. The Morgan fingerprint density at radius 2 is 2.09 bits per heavy atom. The number of hydrogen-bond donors (Lipinski definition) is 1. The van der Waals surface area contributed by atoms with Crippen molar-refractivity contribution < 1.29 is 14.6 Å². The van der Waals surface area contributed by atoms with Gasteiger partial charge in [0.2, 0.25) is 0 Å². The van der Waals surface area contributed by atoms with E-state index < -0.39 is 0 Å². The quantitative estimate of drug-likeness (QED) is 0.882. The maximum Gasteiger partial charge on any atom is 0.278 e. The summed E-state index contributed by atoms with van der Waals surface area (Å²) >= 11 is 0. The van der Waals surface area contributed by atoms with Crippen molar-refractivity contribution in [2.75, 3.05) is 20.3 Å². The molecule has 0 radical (unpaired) electrons. The normalized spacial score (nSPS) is 12.0. The number of para-hydroxylation sites is 1. The highest BCUT2D eigenvalue weighted by Gasteiger charge is 2.24. The maximum atomic E-state index is 12.5. The van der Waals surface area contributed by atoms with Crippen molar-refractivity contribution in [2.24, 2.45) is 0 Å². The van der Waals surface area contributed by atoms with Crippen molar-refractivity contribution in [2.45, 2.75) is 19.9 Å². The average Bonchev–Trinajstić information content (AvgIpc) is 2.98. The smallest absolute Gasteiger partial charge is 0.278 e. The van der Waals surface area contributed by atoms with Crippen LogP contribution in [0.4, 0.5) is 0 Å². The molecular weight excluding hydrogens is 282 g/mol. The van der Waals surface area contributed by atoms with Gasteiger partial charge in [0.25, 0.3) is 5.91 Å². The number of carbonyl (C=O) groups excluding carboxylic acids is 1. The van der Waals surface area contributed by atoms with E-state index in [4.69, 9.17) is 4.74 Å². The van der Waals surface area contributed by atoms with Crippen LogP contribution in [0.5, 0.6) is 5.75 Å². The molecule has 0 aliphatic carbocycles. The molecule has 1 atom stereocenters. The summed E-state index contributed by atoms with van der Waals surface area (Å²) in [6.45, 7) is 3.96. The van der Waals surface area contributed by atoms with Gasteiger partial charge in [-0.05, 0) is 26.0 Å². The van der Waals surface area contributed by atoms with Gasteiger partial charge < -0.3 is 14.7 Å². The predicted molar refractivity (Wildman–Crippen MR) is 83.4 cm³/mol. The molecule has 2 aromatic rings. The second-order valence-corrected chi connectivity index (χ2v) is 5.00. The lowest BCUT2D eigenvalue weighted by atomic mass is 10.2. The Balaban J connectivity index is 2.38. The third kappa shape index (κ3) is 3.28. The number of benzene rings is 1. The van der Waals surface area contributed by atoms with E-state index in [-0.39, 0.29) is 24.2 Å². The third-order valence-electron chi connectivity index (χ3n) is 3.45. The number of aliphatic hydroxyl groups excluding tert-OH is 1. The number of carbonyl (C=O) groups is 1. The van der Waals surface area contributed by atoms with Crippen LogP contribution in [-0.2, 0) is 0 Å². The SMILES string of the molecule is CCOc1cn(-c2ccccc2)nc1C(=O)N(C)C(C)CO. The first-order chi connectivity index (χ1) is 10.6. The van der Waals surface area contributed by atoms with Gasteiger partial charge in [-0.2, -0.15) is 5.10 Å². The molecule has 118 valence electrons. The summed E-state index contributed by atoms with van der Waals surface area (Å²) in [5.74, 6) is 0.160. The van der Waals surface area contributed by atoms with Crippen LogP contribution in [0.15, 0.2) is 36.5 Å². The molecule has 0 aliphatic heterocycles. The molecule has 1 unspecified atom stereocenters. The minimum Gasteiger partial charge on any atom is -0.490 e. The van der Waals surface area contributed by atoms with Crippen LogP contribution in [0.1, 0.15) is 24.3 Å². The summed E-state index contributed by atoms with van der Waals surface area (Å²) in [5.41, 5.74) is 1.09. The van der Waals surface area contributed by atoms with Crippen LogP contribution in [0.2, 0.25) is 0 Å². The molecule has 1 aromatic carbocycles. The molecule has 6 nitrogen and oxygen atoms in total. The number of hydrogen-bond acceptors (Lipinski definition) is 4. The zero-order chi connectivity index (χ0) is 16.1. The molecule has 0 fully saturated rings. The molecule has 2 rings (SSSR count). The van der Waals surface area contributed by atoms with Crippen LogP contribution in [0.25, 0.3) is 5.69 Å². The molecule has 1 aromatic heterocycles. The van der Waals surface area contributed by atoms with Crippen LogP contribution >= 0.6 is 0 Å². The first-order valence-electron chi connectivity index (χ1n) is 7.24. The highest BCUT2D eigenvalue weighted by Crippen LogP contribution is 2.21. The summed E-state index contributed by atoms with van der Waals surface area (Å²) in [7, 11) is 1.64. The van der Waals surface area contributed by atoms with Crippen molar-refractivity contribution >= 4 is 5.91 Å². The zero-order valence-corrected chi connectivity index (χ0v) is 13.1. The Hall–Kier alpha value is -2.34. The fourth-order valence-electron chi connectivity index (χ4n) is 1.97. The van der Waals surface area contributed by atoms with Gasteiger partial charge in [0, 0.05) is 7.05 Å². The highest BCUT2D eigenvalue weighted by atomic mass is 16.5. The molecule has 1 amide bonds. The number of rotatable bonds is 6. The van der Waals surface area contributed by atoms with E-state index in [1.54, 1.807) is 24.9 Å². The second-order valence-electron chi connectivity index (χ2n) is 5.00. The molecule has 1 N–H and O–H groups in total. The largest absolute Gasteiger partial charge is 0.490 e. The summed E-state index contributed by atoms with van der Waals surface area (Å²) in [6, 6.07) is 9.23. The second kappa shape index (κ2) is 7.09. The van der Waals surface area contributed by atoms with E-state index in [0.29, 0.717) is 12.4 Å². The van der Waals surface area contributed by atoms with Crippen LogP contribution < -0.4 is 4.74 Å². The maximum absolute atomic E-state index is 12.5. The lowest BCUT2D eigenvalue weighted by molar-refractivity contribution is 0.0672. The van der Waals surface area contributed by atoms with E-state index in [2.05, 4.69) is 5.10 Å². The van der Waals surface area contributed by atoms with Crippen molar-refractivity contribution in [3.63, 3.8) is 0 Å². The lowest BCUT2D eigenvalue weighted by Crippen LogP contribution is -2.37. The Bertz CT molecular complexity index is 625. The predicted octanol–water partition coefficient (Wildman–Crippen LogP) is 1.72. The van der Waals surface area contributed by atoms with Gasteiger partial charge in [-0.3, -0.25) is 4.79 Å². The van der Waals surface area contributed by atoms with E-state index in [9.17, 15) is 9.90 Å². The van der Waals surface area contributed by atoms with E-state index in [1.807, 2.05) is 37.3 Å². The van der Waals surface area contributed by atoms with Crippen molar-refractivity contribution in [3.05, 3.63) is 42.2 Å². The molecule has 0 saturated carbocycles. The molecule has 0 aliphatic rings. The number of nitrogens with zero attached hydrogens (tertiary/aromatic N) is 3. The minimum absolute atomic E-state index is 0.106. The fourth-order valence-corrected chi connectivity index (χ4v) is 1.97. The Morgan fingerprint density at radius 1 is 1.41 bits per heavy atom. The molecule has 6 heteroatoms. The van der Waals surface area contributed by atoms with Crippen molar-refractivity contribution in [1.82, 2.24) is 14.7 Å². The van der Waals surface area contributed by atoms with Gasteiger partial charge in [0.15, 0.2) is 11.4 Å². The topological polar surface area (TPSA) is 67.6 Å². The molecule has 0 spiro atoms. The number of aromatic nitrogens is 2. The Kier molecular flexibility index (Phi) is 5.16. The summed E-state index contributed by atoms with van der Waals surface area (Å²) in [5, 5.41) is 13.6. The van der Waals surface area contributed by atoms with Crippen LogP contribution in [-0.4, -0.2) is 52.0 Å². The van der Waals surface area contributed by atoms with E-state index in [0.717, 1.165) is 5.69 Å². The summed E-state index contributed by atoms with van der Waals surface area (Å²) < 4.78 is 7.15. The summed E-state index contributed by atoms with van der Waals surface area (Å²) in [4.78, 5) is 14.0. The highest BCUT2D eigenvalue weighted by molar-refractivity contribution is 5.95. The number of ether oxygens (including phenoxy) is 1. The Morgan fingerprint density at radius 3 is 2.68 bits per heavy atom. The summed E-state index contributed by atoms with van der Waals surface area (Å²) in [6.07, 6.45) is 1.70. The van der Waals surface area contributed by atoms with Gasteiger partial charge in [-0.25, -0.2) is 4.68 Å².